The maximum atomic E-state index is 12.1. The molecule has 1 aromatic carbocycles. The molecule has 0 bridgehead atoms. The highest BCUT2D eigenvalue weighted by atomic mass is 35.5. The van der Waals surface area contributed by atoms with Crippen molar-refractivity contribution in [1.82, 2.24) is 10.2 Å². The van der Waals surface area contributed by atoms with Gasteiger partial charge in [0.2, 0.25) is 0 Å². The molecule has 0 saturated carbocycles. The standard InChI is InChI=1S/C19H23ClN2O3/c1-14-11-15(6-7-16(14)20)25-13-19(23)21-12-17(18-5-4-10-24-18)22-8-2-3-9-22/h4-7,10-11,17H,2-3,8-9,12-13H2,1H3,(H,21,23). The lowest BCUT2D eigenvalue weighted by Gasteiger charge is -2.26. The van der Waals surface area contributed by atoms with Gasteiger partial charge in [0.25, 0.3) is 5.91 Å². The largest absolute Gasteiger partial charge is 0.484 e. The molecular formula is C19H23ClN2O3. The molecule has 1 aliphatic rings. The molecule has 6 heteroatoms. The highest BCUT2D eigenvalue weighted by Crippen LogP contribution is 2.25. The molecule has 1 fully saturated rings. The topological polar surface area (TPSA) is 54.7 Å². The molecule has 0 aliphatic carbocycles. The van der Waals surface area contributed by atoms with Crippen LogP contribution in [-0.4, -0.2) is 37.0 Å². The van der Waals surface area contributed by atoms with Crippen LogP contribution in [0, 0.1) is 6.92 Å². The predicted octanol–water partition coefficient (Wildman–Crippen LogP) is 3.57. The second-order valence-electron chi connectivity index (χ2n) is 6.28. The fourth-order valence-electron chi connectivity index (χ4n) is 3.06. The molecule has 25 heavy (non-hydrogen) atoms. The number of rotatable bonds is 7. The zero-order chi connectivity index (χ0) is 17.6. The Morgan fingerprint density at radius 2 is 2.16 bits per heavy atom. The lowest BCUT2D eigenvalue weighted by molar-refractivity contribution is -0.123. The average molecular weight is 363 g/mol. The minimum atomic E-state index is -0.150. The Bertz CT molecular complexity index is 697. The SMILES string of the molecule is Cc1cc(OCC(=O)NCC(c2ccco2)N2CCCC2)ccc1Cl. The average Bonchev–Trinajstić information content (AvgIpc) is 3.30. The van der Waals surface area contributed by atoms with E-state index in [9.17, 15) is 4.79 Å². The van der Waals surface area contributed by atoms with Gasteiger partial charge < -0.3 is 14.5 Å². The van der Waals surface area contributed by atoms with Crippen molar-refractivity contribution < 1.29 is 13.9 Å². The van der Waals surface area contributed by atoms with Crippen molar-refractivity contribution in [3.05, 3.63) is 52.9 Å². The first-order valence-electron chi connectivity index (χ1n) is 8.56. The van der Waals surface area contributed by atoms with Gasteiger partial charge in [0.1, 0.15) is 11.5 Å². The van der Waals surface area contributed by atoms with Crippen LogP contribution in [0.3, 0.4) is 0 Å². The number of hydrogen-bond acceptors (Lipinski definition) is 4. The summed E-state index contributed by atoms with van der Waals surface area (Å²) >= 11 is 5.99. The summed E-state index contributed by atoms with van der Waals surface area (Å²) in [5, 5.41) is 3.64. The van der Waals surface area contributed by atoms with Crippen molar-refractivity contribution in [2.75, 3.05) is 26.2 Å². The zero-order valence-corrected chi connectivity index (χ0v) is 15.1. The second kappa shape index (κ2) is 8.41. The van der Waals surface area contributed by atoms with Crippen LogP contribution in [0.2, 0.25) is 5.02 Å². The zero-order valence-electron chi connectivity index (χ0n) is 14.3. The maximum Gasteiger partial charge on any atom is 0.258 e. The molecule has 0 spiro atoms. The Hall–Kier alpha value is -1.98. The van der Waals surface area contributed by atoms with Crippen molar-refractivity contribution >= 4 is 17.5 Å². The first-order valence-corrected chi connectivity index (χ1v) is 8.94. The summed E-state index contributed by atoms with van der Waals surface area (Å²) < 4.78 is 11.1. The van der Waals surface area contributed by atoms with Gasteiger partial charge in [0.05, 0.1) is 12.3 Å². The van der Waals surface area contributed by atoms with Gasteiger partial charge in [0, 0.05) is 11.6 Å². The van der Waals surface area contributed by atoms with E-state index >= 15 is 0 Å². The van der Waals surface area contributed by atoms with Gasteiger partial charge in [-0.2, -0.15) is 0 Å². The van der Waals surface area contributed by atoms with Gasteiger partial charge in [-0.3, -0.25) is 9.69 Å². The lowest BCUT2D eigenvalue weighted by atomic mass is 10.2. The number of nitrogens with zero attached hydrogens (tertiary/aromatic N) is 1. The quantitative estimate of drug-likeness (QED) is 0.818. The Morgan fingerprint density at radius 3 is 2.84 bits per heavy atom. The molecule has 1 saturated heterocycles. The predicted molar refractivity (Wildman–Crippen MR) is 96.9 cm³/mol. The van der Waals surface area contributed by atoms with Crippen LogP contribution in [0.15, 0.2) is 41.0 Å². The second-order valence-corrected chi connectivity index (χ2v) is 6.69. The molecule has 1 amide bonds. The third kappa shape index (κ3) is 4.77. The highest BCUT2D eigenvalue weighted by molar-refractivity contribution is 6.31. The number of carbonyl (C=O) groups is 1. The van der Waals surface area contributed by atoms with Gasteiger partial charge in [0.15, 0.2) is 6.61 Å². The third-order valence-electron chi connectivity index (χ3n) is 4.44. The van der Waals surface area contributed by atoms with Gasteiger partial charge in [-0.25, -0.2) is 0 Å². The van der Waals surface area contributed by atoms with Crippen molar-refractivity contribution in [2.24, 2.45) is 0 Å². The van der Waals surface area contributed by atoms with E-state index in [1.807, 2.05) is 25.1 Å². The van der Waals surface area contributed by atoms with Crippen LogP contribution in [0.25, 0.3) is 0 Å². The minimum absolute atomic E-state index is 0.0219. The van der Waals surface area contributed by atoms with Crippen LogP contribution < -0.4 is 10.1 Å². The van der Waals surface area contributed by atoms with E-state index in [0.29, 0.717) is 17.3 Å². The van der Waals surface area contributed by atoms with Crippen LogP contribution in [0.1, 0.15) is 30.2 Å². The summed E-state index contributed by atoms with van der Waals surface area (Å²) in [5.41, 5.74) is 0.923. The number of benzene rings is 1. The minimum Gasteiger partial charge on any atom is -0.484 e. The number of aryl methyl sites for hydroxylation is 1. The Kier molecular flexibility index (Phi) is 6.00. The molecule has 1 aliphatic heterocycles. The lowest BCUT2D eigenvalue weighted by Crippen LogP contribution is -2.38. The Morgan fingerprint density at radius 1 is 1.36 bits per heavy atom. The van der Waals surface area contributed by atoms with E-state index in [4.69, 9.17) is 20.8 Å². The molecule has 1 atom stereocenters. The number of amides is 1. The van der Waals surface area contributed by atoms with E-state index in [0.717, 1.165) is 24.4 Å². The molecule has 0 radical (unpaired) electrons. The van der Waals surface area contributed by atoms with Gasteiger partial charge in [-0.15, -0.1) is 0 Å². The summed E-state index contributed by atoms with van der Waals surface area (Å²) in [6.07, 6.45) is 4.04. The smallest absolute Gasteiger partial charge is 0.258 e. The number of nitrogens with one attached hydrogen (secondary N) is 1. The van der Waals surface area contributed by atoms with E-state index in [1.165, 1.54) is 12.8 Å². The van der Waals surface area contributed by atoms with Crippen molar-refractivity contribution in [1.29, 1.82) is 0 Å². The van der Waals surface area contributed by atoms with E-state index in [1.54, 1.807) is 18.4 Å². The van der Waals surface area contributed by atoms with Crippen molar-refractivity contribution in [3.63, 3.8) is 0 Å². The van der Waals surface area contributed by atoms with Crippen LogP contribution in [0.5, 0.6) is 5.75 Å². The molecule has 1 N–H and O–H groups in total. The number of carbonyl (C=O) groups excluding carboxylic acids is 1. The molecule has 1 aromatic heterocycles. The summed E-state index contributed by atoms with van der Waals surface area (Å²) in [6.45, 7) is 4.45. The first kappa shape index (κ1) is 17.8. The number of halogens is 1. The fourth-order valence-corrected chi connectivity index (χ4v) is 3.18. The number of hydrogen-bond donors (Lipinski definition) is 1. The summed E-state index contributed by atoms with van der Waals surface area (Å²) in [4.78, 5) is 14.5. The summed E-state index contributed by atoms with van der Waals surface area (Å²) in [6, 6.07) is 9.27. The van der Waals surface area contributed by atoms with Crippen molar-refractivity contribution in [3.8, 4) is 5.75 Å². The number of furan rings is 1. The Balaban J connectivity index is 1.51. The van der Waals surface area contributed by atoms with E-state index in [2.05, 4.69) is 10.2 Å². The van der Waals surface area contributed by atoms with Gasteiger partial charge >= 0.3 is 0 Å². The molecule has 134 valence electrons. The van der Waals surface area contributed by atoms with Crippen LogP contribution >= 0.6 is 11.6 Å². The van der Waals surface area contributed by atoms with E-state index < -0.39 is 0 Å². The van der Waals surface area contributed by atoms with Gasteiger partial charge in [-0.1, -0.05) is 11.6 Å². The molecule has 5 nitrogen and oxygen atoms in total. The van der Waals surface area contributed by atoms with Crippen molar-refractivity contribution in [2.45, 2.75) is 25.8 Å². The number of likely N-dealkylation sites (tertiary alicyclic amines) is 1. The van der Waals surface area contributed by atoms with Crippen LogP contribution in [-0.2, 0) is 4.79 Å². The normalized spacial score (nSPS) is 15.9. The monoisotopic (exact) mass is 362 g/mol. The molecular weight excluding hydrogens is 340 g/mol. The fraction of sp³-hybridized carbons (Fsp3) is 0.421. The third-order valence-corrected chi connectivity index (χ3v) is 4.87. The highest BCUT2D eigenvalue weighted by Gasteiger charge is 2.25. The molecule has 2 aromatic rings. The van der Waals surface area contributed by atoms with Crippen LogP contribution in [0.4, 0.5) is 0 Å². The Labute approximate surface area is 152 Å². The van der Waals surface area contributed by atoms with E-state index in [-0.39, 0.29) is 18.6 Å². The summed E-state index contributed by atoms with van der Waals surface area (Å²) in [7, 11) is 0. The molecule has 1 unspecified atom stereocenters. The number of ether oxygens (including phenoxy) is 1. The van der Waals surface area contributed by atoms with Gasteiger partial charge in [-0.05, 0) is 68.8 Å². The summed E-state index contributed by atoms with van der Waals surface area (Å²) in [5.74, 6) is 1.37. The first-order chi connectivity index (χ1) is 12.1. The molecule has 2 heterocycles. The molecule has 3 rings (SSSR count). The maximum absolute atomic E-state index is 12.1.